The maximum atomic E-state index is 12.8. The second kappa shape index (κ2) is 8.41. The third kappa shape index (κ3) is 4.51. The van der Waals surface area contributed by atoms with Crippen LogP contribution in [-0.2, 0) is 10.0 Å². The lowest BCUT2D eigenvalue weighted by Crippen LogP contribution is -2.40. The zero-order valence-electron chi connectivity index (χ0n) is 16.1. The van der Waals surface area contributed by atoms with Crippen LogP contribution in [0.4, 0.5) is 0 Å². The number of likely N-dealkylation sites (tertiary alicyclic amines) is 1. The van der Waals surface area contributed by atoms with Gasteiger partial charge in [-0.15, -0.1) is 0 Å². The van der Waals surface area contributed by atoms with Crippen molar-refractivity contribution in [3.8, 4) is 5.75 Å². The highest BCUT2D eigenvalue weighted by Gasteiger charge is 2.28. The van der Waals surface area contributed by atoms with Crippen LogP contribution in [-0.4, -0.2) is 45.2 Å². The van der Waals surface area contributed by atoms with Crippen LogP contribution in [0.25, 0.3) is 0 Å². The summed E-state index contributed by atoms with van der Waals surface area (Å²) in [7, 11) is -2.07. The molecule has 1 saturated heterocycles. The predicted molar refractivity (Wildman–Crippen MR) is 102 cm³/mol. The topological polar surface area (TPSA) is 84.7 Å². The molecule has 0 spiro atoms. The minimum Gasteiger partial charge on any atom is -0.497 e. The molecule has 8 heteroatoms. The first-order valence-electron chi connectivity index (χ1n) is 9.23. The number of benzene rings is 1. The Bertz CT molecular complexity index is 853. The van der Waals surface area contributed by atoms with Gasteiger partial charge in [0.25, 0.3) is 0 Å². The number of nitrogens with one attached hydrogen (secondary N) is 1. The monoisotopic (exact) mass is 393 g/mol. The smallest absolute Gasteiger partial charge is 0.246 e. The van der Waals surface area contributed by atoms with Gasteiger partial charge in [0, 0.05) is 12.6 Å². The number of hydrogen-bond donors (Lipinski definition) is 1. The lowest BCUT2D eigenvalue weighted by atomic mass is 10.0. The number of ether oxygens (including phenoxy) is 1. The molecule has 0 amide bonds. The summed E-state index contributed by atoms with van der Waals surface area (Å²) < 4.78 is 38.8. The van der Waals surface area contributed by atoms with Crippen molar-refractivity contribution in [1.29, 1.82) is 0 Å². The summed E-state index contributed by atoms with van der Waals surface area (Å²) in [5.41, 5.74) is 1.41. The Morgan fingerprint density at radius 1 is 1.26 bits per heavy atom. The highest BCUT2D eigenvalue weighted by molar-refractivity contribution is 7.89. The van der Waals surface area contributed by atoms with Gasteiger partial charge in [-0.25, -0.2) is 13.1 Å². The van der Waals surface area contributed by atoms with E-state index in [9.17, 15) is 8.42 Å². The molecule has 27 heavy (non-hydrogen) atoms. The van der Waals surface area contributed by atoms with Crippen LogP contribution in [0.15, 0.2) is 33.7 Å². The average molecular weight is 394 g/mol. The van der Waals surface area contributed by atoms with Crippen LogP contribution in [0.3, 0.4) is 0 Å². The summed E-state index contributed by atoms with van der Waals surface area (Å²) >= 11 is 0. The number of rotatable bonds is 7. The quantitative estimate of drug-likeness (QED) is 0.779. The number of aromatic nitrogens is 1. The molecule has 1 unspecified atom stereocenters. The molecule has 3 rings (SSSR count). The van der Waals surface area contributed by atoms with Crippen molar-refractivity contribution in [1.82, 2.24) is 14.8 Å². The average Bonchev–Trinajstić information content (AvgIpc) is 3.02. The molecule has 0 bridgehead atoms. The van der Waals surface area contributed by atoms with E-state index in [1.54, 1.807) is 21.0 Å². The molecule has 148 valence electrons. The van der Waals surface area contributed by atoms with E-state index in [1.807, 2.05) is 24.3 Å². The Hall–Kier alpha value is -1.90. The number of aryl methyl sites for hydroxylation is 2. The second-order valence-electron chi connectivity index (χ2n) is 6.89. The molecule has 1 aromatic carbocycles. The number of hydrogen-bond acceptors (Lipinski definition) is 6. The molecular formula is C19H27N3O4S. The highest BCUT2D eigenvalue weighted by atomic mass is 32.2. The summed E-state index contributed by atoms with van der Waals surface area (Å²) in [6.07, 6.45) is 3.46. The lowest BCUT2D eigenvalue weighted by molar-refractivity contribution is 0.164. The minimum atomic E-state index is -3.70. The number of piperidine rings is 1. The van der Waals surface area contributed by atoms with Gasteiger partial charge >= 0.3 is 0 Å². The fraction of sp³-hybridized carbons (Fsp3) is 0.526. The van der Waals surface area contributed by atoms with E-state index in [0.717, 1.165) is 37.2 Å². The van der Waals surface area contributed by atoms with E-state index >= 15 is 0 Å². The Kier molecular flexibility index (Phi) is 6.18. The fourth-order valence-electron chi connectivity index (χ4n) is 3.66. The molecule has 1 aromatic heterocycles. The molecule has 1 aliphatic rings. The zero-order valence-corrected chi connectivity index (χ0v) is 16.9. The maximum Gasteiger partial charge on any atom is 0.246 e. The first kappa shape index (κ1) is 19.9. The van der Waals surface area contributed by atoms with E-state index in [2.05, 4.69) is 14.8 Å². The van der Waals surface area contributed by atoms with Crippen molar-refractivity contribution < 1.29 is 17.7 Å². The molecule has 1 aliphatic heterocycles. The first-order chi connectivity index (χ1) is 12.9. The summed E-state index contributed by atoms with van der Waals surface area (Å²) in [6.45, 7) is 5.43. The Balaban J connectivity index is 1.85. The molecule has 0 saturated carbocycles. The van der Waals surface area contributed by atoms with Crippen molar-refractivity contribution in [2.75, 3.05) is 26.7 Å². The fourth-order valence-corrected chi connectivity index (χ4v) is 5.02. The van der Waals surface area contributed by atoms with E-state index in [4.69, 9.17) is 9.26 Å². The Morgan fingerprint density at radius 3 is 2.63 bits per heavy atom. The lowest BCUT2D eigenvalue weighted by Gasteiger charge is -2.35. The van der Waals surface area contributed by atoms with E-state index < -0.39 is 10.0 Å². The number of methoxy groups -OCH3 is 1. The van der Waals surface area contributed by atoms with Gasteiger partial charge in [0.05, 0.1) is 7.11 Å². The van der Waals surface area contributed by atoms with E-state index in [0.29, 0.717) is 11.5 Å². The van der Waals surface area contributed by atoms with Crippen molar-refractivity contribution >= 4 is 10.0 Å². The largest absolute Gasteiger partial charge is 0.497 e. The molecule has 2 aromatic rings. The van der Waals surface area contributed by atoms with Crippen LogP contribution in [0.2, 0.25) is 0 Å². The zero-order chi connectivity index (χ0) is 19.4. The SMILES string of the molecule is COc1cccc(C(CNS(=O)(=O)c2c(C)noc2C)N2CCCCC2)c1. The van der Waals surface area contributed by atoms with E-state index in [1.165, 1.54) is 6.42 Å². The molecule has 7 nitrogen and oxygen atoms in total. The third-order valence-corrected chi connectivity index (χ3v) is 6.68. The number of nitrogens with zero attached hydrogens (tertiary/aromatic N) is 2. The molecule has 2 heterocycles. The van der Waals surface area contributed by atoms with Crippen molar-refractivity contribution in [3.63, 3.8) is 0 Å². The van der Waals surface area contributed by atoms with E-state index in [-0.39, 0.29) is 17.5 Å². The van der Waals surface area contributed by atoms with Gasteiger partial charge in [-0.05, 0) is 57.5 Å². The van der Waals surface area contributed by atoms with Crippen molar-refractivity contribution in [2.45, 2.75) is 44.0 Å². The standard InChI is InChI=1S/C19H27N3O4S/c1-14-19(15(2)26-21-14)27(23,24)20-13-18(22-10-5-4-6-11-22)16-8-7-9-17(12-16)25-3/h7-9,12,18,20H,4-6,10-11,13H2,1-3H3. The van der Waals surface area contributed by atoms with Gasteiger partial charge in [-0.2, -0.15) is 0 Å². The molecule has 0 radical (unpaired) electrons. The third-order valence-electron chi connectivity index (χ3n) is 5.01. The first-order valence-corrected chi connectivity index (χ1v) is 10.7. The maximum absolute atomic E-state index is 12.8. The summed E-state index contributed by atoms with van der Waals surface area (Å²) in [5, 5.41) is 3.76. The van der Waals surface area contributed by atoms with Crippen molar-refractivity contribution in [3.05, 3.63) is 41.3 Å². The normalized spacial score (nSPS) is 17.0. The van der Waals surface area contributed by atoms with Crippen LogP contribution >= 0.6 is 0 Å². The minimum absolute atomic E-state index is 0.0596. The van der Waals surface area contributed by atoms with Gasteiger partial charge in [0.15, 0.2) is 5.76 Å². The Labute approximate surface area is 160 Å². The summed E-state index contributed by atoms with van der Waals surface area (Å²) in [6, 6.07) is 7.77. The second-order valence-corrected chi connectivity index (χ2v) is 8.60. The van der Waals surface area contributed by atoms with Crippen LogP contribution in [0, 0.1) is 13.8 Å². The Morgan fingerprint density at radius 2 is 2.00 bits per heavy atom. The van der Waals surface area contributed by atoms with Crippen LogP contribution in [0.5, 0.6) is 5.75 Å². The summed E-state index contributed by atoms with van der Waals surface area (Å²) in [4.78, 5) is 2.47. The van der Waals surface area contributed by atoms with Crippen molar-refractivity contribution in [2.24, 2.45) is 0 Å². The predicted octanol–water partition coefficient (Wildman–Crippen LogP) is 2.81. The van der Waals surface area contributed by atoms with Crippen LogP contribution < -0.4 is 9.46 Å². The molecule has 1 atom stereocenters. The molecular weight excluding hydrogens is 366 g/mol. The van der Waals surface area contributed by atoms with Gasteiger partial charge in [0.1, 0.15) is 16.3 Å². The number of sulfonamides is 1. The van der Waals surface area contributed by atoms with Gasteiger partial charge in [0.2, 0.25) is 10.0 Å². The molecule has 1 N–H and O–H groups in total. The van der Waals surface area contributed by atoms with Gasteiger partial charge in [-0.3, -0.25) is 4.90 Å². The van der Waals surface area contributed by atoms with Crippen LogP contribution in [0.1, 0.15) is 42.3 Å². The molecule has 1 fully saturated rings. The van der Waals surface area contributed by atoms with Gasteiger partial charge in [-0.1, -0.05) is 23.7 Å². The summed E-state index contributed by atoms with van der Waals surface area (Å²) in [5.74, 6) is 1.07. The van der Waals surface area contributed by atoms with Gasteiger partial charge < -0.3 is 9.26 Å². The highest BCUT2D eigenvalue weighted by Crippen LogP contribution is 2.28. The molecule has 0 aliphatic carbocycles.